The number of carbonyl (C=O) groups is 3. The van der Waals surface area contributed by atoms with Gasteiger partial charge >= 0.3 is 18.2 Å². The van der Waals surface area contributed by atoms with E-state index in [0.717, 1.165) is 27.8 Å². The van der Waals surface area contributed by atoms with Gasteiger partial charge < -0.3 is 30.0 Å². The molecule has 39 heavy (non-hydrogen) atoms. The van der Waals surface area contributed by atoms with E-state index in [1.165, 1.54) is 0 Å². The number of benzene rings is 3. The van der Waals surface area contributed by atoms with Crippen LogP contribution in [0, 0.1) is 0 Å². The van der Waals surface area contributed by atoms with Gasteiger partial charge in [0.05, 0.1) is 6.10 Å². The number of carboxylic acids is 1. The van der Waals surface area contributed by atoms with E-state index in [1.807, 2.05) is 78.9 Å². The first-order valence-corrected chi connectivity index (χ1v) is 12.8. The second kappa shape index (κ2) is 13.4. The van der Waals surface area contributed by atoms with Crippen LogP contribution in [0.5, 0.6) is 0 Å². The van der Waals surface area contributed by atoms with Gasteiger partial charge in [-0.2, -0.15) is 0 Å². The zero-order chi connectivity index (χ0) is 27.6. The third-order valence-corrected chi connectivity index (χ3v) is 6.54. The summed E-state index contributed by atoms with van der Waals surface area (Å²) in [6.45, 7) is 2.27. The van der Waals surface area contributed by atoms with Crippen LogP contribution in [0.2, 0.25) is 0 Å². The van der Waals surface area contributed by atoms with Gasteiger partial charge in [-0.3, -0.25) is 0 Å². The molecular formula is C30H32N2O7. The third kappa shape index (κ3) is 7.36. The molecule has 0 fully saturated rings. The first-order valence-electron chi connectivity index (χ1n) is 12.8. The largest absolute Gasteiger partial charge is 0.480 e. The Hall–Kier alpha value is -4.37. The van der Waals surface area contributed by atoms with E-state index in [-0.39, 0.29) is 32.3 Å². The second-order valence-corrected chi connectivity index (χ2v) is 9.20. The number of carboxylic acid groups (broad SMARTS) is 1. The fraction of sp³-hybridized carbons (Fsp3) is 0.300. The number of nitrogens with one attached hydrogen (secondary N) is 2. The molecule has 0 unspecified atom stereocenters. The third-order valence-electron chi connectivity index (χ3n) is 6.54. The molecule has 9 heteroatoms. The molecule has 204 valence electrons. The van der Waals surface area contributed by atoms with Gasteiger partial charge in [-0.15, -0.1) is 0 Å². The topological polar surface area (TPSA) is 123 Å². The maximum atomic E-state index is 12.5. The van der Waals surface area contributed by atoms with E-state index in [0.29, 0.717) is 6.42 Å². The maximum Gasteiger partial charge on any atom is 0.407 e. The molecule has 0 radical (unpaired) electrons. The number of rotatable bonds is 12. The fourth-order valence-electron chi connectivity index (χ4n) is 4.55. The van der Waals surface area contributed by atoms with Crippen LogP contribution < -0.4 is 10.6 Å². The van der Waals surface area contributed by atoms with Crippen molar-refractivity contribution in [1.82, 2.24) is 10.6 Å². The lowest BCUT2D eigenvalue weighted by molar-refractivity contribution is -0.143. The van der Waals surface area contributed by atoms with Crippen molar-refractivity contribution >= 4 is 18.2 Å². The summed E-state index contributed by atoms with van der Waals surface area (Å²) in [4.78, 5) is 36.2. The summed E-state index contributed by atoms with van der Waals surface area (Å²) in [6.07, 6.45) is -1.77. The number of hydrogen-bond acceptors (Lipinski definition) is 6. The summed E-state index contributed by atoms with van der Waals surface area (Å²) < 4.78 is 16.2. The quantitative estimate of drug-likeness (QED) is 0.289. The standard InChI is InChI=1S/C30H32N2O7/c1-20(37-17-9-16-31-29(35)38-18-21-10-3-2-4-11-21)27(28(33)34)32-30(36)39-19-26-24-14-7-5-12-22(24)23-13-6-8-15-25(23)26/h2-8,10-15,20,26-27H,9,16-19H2,1H3,(H,31,35)(H,32,36)(H,33,34)/t20-,27-/m0/s1. The van der Waals surface area contributed by atoms with Crippen LogP contribution in [0.1, 0.15) is 36.0 Å². The van der Waals surface area contributed by atoms with Gasteiger partial charge in [0.15, 0.2) is 6.04 Å². The second-order valence-electron chi connectivity index (χ2n) is 9.20. The average Bonchev–Trinajstić information content (AvgIpc) is 3.27. The zero-order valence-electron chi connectivity index (χ0n) is 21.7. The number of carbonyl (C=O) groups excluding carboxylic acids is 2. The number of alkyl carbamates (subject to hydrolysis) is 2. The van der Waals surface area contributed by atoms with Gasteiger partial charge in [0.2, 0.25) is 0 Å². The van der Waals surface area contributed by atoms with Gasteiger partial charge in [-0.25, -0.2) is 14.4 Å². The molecule has 9 nitrogen and oxygen atoms in total. The lowest BCUT2D eigenvalue weighted by Crippen LogP contribution is -2.49. The van der Waals surface area contributed by atoms with Crippen LogP contribution in [0.3, 0.4) is 0 Å². The van der Waals surface area contributed by atoms with Crippen molar-refractivity contribution in [2.24, 2.45) is 0 Å². The van der Waals surface area contributed by atoms with E-state index in [1.54, 1.807) is 6.92 Å². The molecule has 0 saturated carbocycles. The molecule has 0 spiro atoms. The lowest BCUT2D eigenvalue weighted by Gasteiger charge is -2.22. The highest BCUT2D eigenvalue weighted by Gasteiger charge is 2.31. The molecule has 0 saturated heterocycles. The minimum Gasteiger partial charge on any atom is -0.480 e. The van der Waals surface area contributed by atoms with E-state index >= 15 is 0 Å². The van der Waals surface area contributed by atoms with E-state index in [2.05, 4.69) is 10.6 Å². The van der Waals surface area contributed by atoms with Crippen molar-refractivity contribution in [3.63, 3.8) is 0 Å². The lowest BCUT2D eigenvalue weighted by atomic mass is 9.98. The summed E-state index contributed by atoms with van der Waals surface area (Å²) in [5, 5.41) is 14.7. The number of ether oxygens (including phenoxy) is 3. The SMILES string of the molecule is C[C@H](OCCCNC(=O)OCc1ccccc1)[C@H](NC(=O)OCC1c2ccccc2-c2ccccc21)C(=O)O. The van der Waals surface area contributed by atoms with Crippen molar-refractivity contribution in [2.75, 3.05) is 19.8 Å². The molecule has 0 bridgehead atoms. The van der Waals surface area contributed by atoms with Gasteiger partial charge in [0, 0.05) is 19.1 Å². The van der Waals surface area contributed by atoms with Crippen LogP contribution >= 0.6 is 0 Å². The van der Waals surface area contributed by atoms with Gasteiger partial charge in [-0.1, -0.05) is 78.9 Å². The molecule has 4 rings (SSSR count). The molecule has 3 aromatic carbocycles. The van der Waals surface area contributed by atoms with Gasteiger partial charge in [-0.05, 0) is 41.2 Å². The molecule has 2 amide bonds. The first-order chi connectivity index (χ1) is 18.9. The molecule has 0 aromatic heterocycles. The number of aliphatic carboxylic acids is 1. The minimum absolute atomic E-state index is 0.0769. The van der Waals surface area contributed by atoms with Crippen molar-refractivity contribution in [1.29, 1.82) is 0 Å². The monoisotopic (exact) mass is 532 g/mol. The molecular weight excluding hydrogens is 500 g/mol. The average molecular weight is 533 g/mol. The Labute approximate surface area is 227 Å². The summed E-state index contributed by atoms with van der Waals surface area (Å²) >= 11 is 0. The zero-order valence-corrected chi connectivity index (χ0v) is 21.7. The van der Waals surface area contributed by atoms with Crippen molar-refractivity contribution < 1.29 is 33.7 Å². The molecule has 2 atom stereocenters. The fourth-order valence-corrected chi connectivity index (χ4v) is 4.55. The Kier molecular flexibility index (Phi) is 9.53. The summed E-state index contributed by atoms with van der Waals surface area (Å²) in [7, 11) is 0. The van der Waals surface area contributed by atoms with Crippen molar-refractivity contribution in [2.45, 2.75) is 38.0 Å². The molecule has 0 heterocycles. The van der Waals surface area contributed by atoms with Gasteiger partial charge in [0.25, 0.3) is 0 Å². The highest BCUT2D eigenvalue weighted by atomic mass is 16.6. The molecule has 3 N–H and O–H groups in total. The summed E-state index contributed by atoms with van der Waals surface area (Å²) in [6, 6.07) is 24.0. The van der Waals surface area contributed by atoms with Crippen LogP contribution in [-0.4, -0.2) is 55.2 Å². The molecule has 3 aromatic rings. The Morgan fingerprint density at radius 2 is 1.46 bits per heavy atom. The normalized spacial score (nSPS) is 13.5. The van der Waals surface area contributed by atoms with Crippen molar-refractivity contribution in [3.05, 3.63) is 95.6 Å². The van der Waals surface area contributed by atoms with Crippen LogP contribution in [0.4, 0.5) is 9.59 Å². The highest BCUT2D eigenvalue weighted by Crippen LogP contribution is 2.44. The predicted molar refractivity (Wildman–Crippen MR) is 144 cm³/mol. The van der Waals surface area contributed by atoms with E-state index < -0.39 is 30.3 Å². The van der Waals surface area contributed by atoms with Crippen LogP contribution in [-0.2, 0) is 25.6 Å². The molecule has 1 aliphatic carbocycles. The Morgan fingerprint density at radius 3 is 2.10 bits per heavy atom. The first kappa shape index (κ1) is 27.7. The maximum absolute atomic E-state index is 12.5. The van der Waals surface area contributed by atoms with E-state index in [4.69, 9.17) is 14.2 Å². The number of hydrogen-bond donors (Lipinski definition) is 3. The summed E-state index contributed by atoms with van der Waals surface area (Å²) in [5.74, 6) is -1.37. The van der Waals surface area contributed by atoms with Crippen molar-refractivity contribution in [3.8, 4) is 11.1 Å². The number of fused-ring (bicyclic) bond motifs is 3. The highest BCUT2D eigenvalue weighted by molar-refractivity contribution is 5.81. The Morgan fingerprint density at radius 1 is 0.846 bits per heavy atom. The number of amides is 2. The predicted octanol–water partition coefficient (Wildman–Crippen LogP) is 4.70. The molecule has 1 aliphatic rings. The minimum atomic E-state index is -1.30. The van der Waals surface area contributed by atoms with Crippen LogP contribution in [0.25, 0.3) is 11.1 Å². The summed E-state index contributed by atoms with van der Waals surface area (Å²) in [5.41, 5.74) is 5.22. The van der Waals surface area contributed by atoms with E-state index in [9.17, 15) is 19.5 Å². The smallest absolute Gasteiger partial charge is 0.407 e. The van der Waals surface area contributed by atoms with Gasteiger partial charge in [0.1, 0.15) is 13.2 Å². The Bertz CT molecular complexity index is 1240. The van der Waals surface area contributed by atoms with Crippen LogP contribution in [0.15, 0.2) is 78.9 Å². The Balaban J connectivity index is 1.18. The molecule has 0 aliphatic heterocycles.